The minimum absolute atomic E-state index is 0.0625. The third-order valence-corrected chi connectivity index (χ3v) is 3.29. The molecular formula is C12H12BrN3O. The third kappa shape index (κ3) is 1.94. The molecule has 2 aromatic heterocycles. The molecule has 0 unspecified atom stereocenters. The molecule has 2 rings (SSSR count). The Morgan fingerprint density at radius 1 is 1.59 bits per heavy atom. The lowest BCUT2D eigenvalue weighted by atomic mass is 10.1. The smallest absolute Gasteiger partial charge is 0.138 e. The van der Waals surface area contributed by atoms with Gasteiger partial charge in [0, 0.05) is 12.3 Å². The minimum Gasteiger partial charge on any atom is -0.390 e. The highest BCUT2D eigenvalue weighted by Gasteiger charge is 2.15. The van der Waals surface area contributed by atoms with Gasteiger partial charge in [0.05, 0.1) is 28.0 Å². The number of aliphatic hydroxyl groups excluding tert-OH is 1. The van der Waals surface area contributed by atoms with Crippen LogP contribution in [0.4, 0.5) is 0 Å². The van der Waals surface area contributed by atoms with E-state index < -0.39 is 0 Å². The highest BCUT2D eigenvalue weighted by Crippen LogP contribution is 2.24. The van der Waals surface area contributed by atoms with E-state index in [1.165, 1.54) is 0 Å². The van der Waals surface area contributed by atoms with E-state index in [1.807, 2.05) is 18.2 Å². The van der Waals surface area contributed by atoms with Crippen LogP contribution in [0, 0.1) is 11.3 Å². The molecule has 17 heavy (non-hydrogen) atoms. The molecule has 2 heterocycles. The van der Waals surface area contributed by atoms with Crippen molar-refractivity contribution in [3.8, 4) is 6.07 Å². The number of nitrogens with zero attached hydrogens (tertiary/aromatic N) is 3. The van der Waals surface area contributed by atoms with Crippen LogP contribution in [0.15, 0.2) is 16.7 Å². The first kappa shape index (κ1) is 12.1. The largest absolute Gasteiger partial charge is 0.390 e. The van der Waals surface area contributed by atoms with E-state index in [0.717, 1.165) is 11.4 Å². The predicted molar refractivity (Wildman–Crippen MR) is 67.6 cm³/mol. The number of rotatable bonds is 2. The number of imidazole rings is 1. The van der Waals surface area contributed by atoms with Crippen LogP contribution in [0.25, 0.3) is 5.65 Å². The highest BCUT2D eigenvalue weighted by molar-refractivity contribution is 9.10. The molecule has 0 saturated carbocycles. The van der Waals surface area contributed by atoms with Gasteiger partial charge in [-0.3, -0.25) is 0 Å². The zero-order valence-corrected chi connectivity index (χ0v) is 11.2. The number of nitriles is 1. The maximum absolute atomic E-state index is 9.43. The normalized spacial score (nSPS) is 11.1. The monoisotopic (exact) mass is 293 g/mol. The van der Waals surface area contributed by atoms with Crippen LogP contribution in [0.5, 0.6) is 0 Å². The van der Waals surface area contributed by atoms with E-state index in [1.54, 1.807) is 12.3 Å². The molecule has 0 saturated heterocycles. The molecule has 4 nitrogen and oxygen atoms in total. The zero-order chi connectivity index (χ0) is 12.6. The molecule has 0 fully saturated rings. The van der Waals surface area contributed by atoms with Gasteiger partial charge in [-0.25, -0.2) is 4.98 Å². The van der Waals surface area contributed by atoms with Crippen molar-refractivity contribution in [2.24, 2.45) is 0 Å². The summed E-state index contributed by atoms with van der Waals surface area (Å²) in [5, 5.41) is 18.4. The third-order valence-electron chi connectivity index (χ3n) is 2.66. The molecule has 2 aromatic rings. The van der Waals surface area contributed by atoms with E-state index in [0.29, 0.717) is 15.7 Å². The van der Waals surface area contributed by atoms with Crippen LogP contribution >= 0.6 is 15.9 Å². The highest BCUT2D eigenvalue weighted by atomic mass is 79.9. The fourth-order valence-corrected chi connectivity index (χ4v) is 2.24. The van der Waals surface area contributed by atoms with E-state index in [9.17, 15) is 5.11 Å². The van der Waals surface area contributed by atoms with Crippen LogP contribution in [0.2, 0.25) is 0 Å². The molecule has 0 aromatic carbocycles. The van der Waals surface area contributed by atoms with Crippen LogP contribution in [-0.2, 0) is 6.61 Å². The first-order valence-electron chi connectivity index (χ1n) is 5.29. The summed E-state index contributed by atoms with van der Waals surface area (Å²) in [4.78, 5) is 4.46. The number of pyridine rings is 1. The Labute approximate surface area is 108 Å². The summed E-state index contributed by atoms with van der Waals surface area (Å²) in [6.07, 6.45) is 1.78. The summed E-state index contributed by atoms with van der Waals surface area (Å²) in [7, 11) is 0. The summed E-state index contributed by atoms with van der Waals surface area (Å²) in [5.41, 5.74) is 2.88. The average molecular weight is 294 g/mol. The van der Waals surface area contributed by atoms with Crippen molar-refractivity contribution in [2.75, 3.05) is 0 Å². The average Bonchev–Trinajstić information content (AvgIpc) is 2.65. The molecule has 0 aliphatic carbocycles. The summed E-state index contributed by atoms with van der Waals surface area (Å²) in [6.45, 7) is 4.00. The molecule has 0 atom stereocenters. The summed E-state index contributed by atoms with van der Waals surface area (Å²) in [5.74, 6) is 0.237. The Kier molecular flexibility index (Phi) is 3.18. The molecule has 0 bridgehead atoms. The first-order valence-corrected chi connectivity index (χ1v) is 6.09. The number of halogens is 1. The van der Waals surface area contributed by atoms with Gasteiger partial charge in [-0.05, 0) is 21.8 Å². The van der Waals surface area contributed by atoms with E-state index >= 15 is 0 Å². The van der Waals surface area contributed by atoms with Gasteiger partial charge in [-0.2, -0.15) is 5.26 Å². The molecule has 0 aliphatic heterocycles. The van der Waals surface area contributed by atoms with Crippen LogP contribution in [0.3, 0.4) is 0 Å². The fraction of sp³-hybridized carbons (Fsp3) is 0.333. The van der Waals surface area contributed by atoms with Crippen molar-refractivity contribution in [3.63, 3.8) is 0 Å². The maximum Gasteiger partial charge on any atom is 0.138 e. The van der Waals surface area contributed by atoms with Gasteiger partial charge >= 0.3 is 0 Å². The minimum atomic E-state index is -0.0625. The lowest BCUT2D eigenvalue weighted by molar-refractivity contribution is 0.274. The maximum atomic E-state index is 9.43. The SMILES string of the molecule is CC(C)c1nc2cc(C#N)c(Br)cn2c1CO. The topological polar surface area (TPSA) is 61.3 Å². The number of hydrogen-bond acceptors (Lipinski definition) is 3. The van der Waals surface area contributed by atoms with Gasteiger partial charge in [-0.15, -0.1) is 0 Å². The van der Waals surface area contributed by atoms with Crippen molar-refractivity contribution in [1.82, 2.24) is 9.38 Å². The van der Waals surface area contributed by atoms with Crippen molar-refractivity contribution in [3.05, 3.63) is 33.7 Å². The van der Waals surface area contributed by atoms with Gasteiger partial charge in [0.25, 0.3) is 0 Å². The zero-order valence-electron chi connectivity index (χ0n) is 9.61. The van der Waals surface area contributed by atoms with E-state index in [2.05, 4.69) is 27.0 Å². The van der Waals surface area contributed by atoms with Gasteiger partial charge in [-0.1, -0.05) is 13.8 Å². The summed E-state index contributed by atoms with van der Waals surface area (Å²) in [6, 6.07) is 3.82. The first-order chi connectivity index (χ1) is 8.08. The van der Waals surface area contributed by atoms with Gasteiger partial charge < -0.3 is 9.51 Å². The number of hydrogen-bond donors (Lipinski definition) is 1. The van der Waals surface area contributed by atoms with Gasteiger partial charge in [0.15, 0.2) is 0 Å². The Morgan fingerprint density at radius 3 is 2.82 bits per heavy atom. The van der Waals surface area contributed by atoms with E-state index in [-0.39, 0.29) is 12.5 Å². The molecule has 0 spiro atoms. The predicted octanol–water partition coefficient (Wildman–Crippen LogP) is 2.58. The summed E-state index contributed by atoms with van der Waals surface area (Å²) < 4.78 is 2.52. The molecule has 5 heteroatoms. The van der Waals surface area contributed by atoms with Gasteiger partial charge in [0.2, 0.25) is 0 Å². The number of aromatic nitrogens is 2. The Balaban J connectivity index is 2.79. The molecule has 0 amide bonds. The lowest BCUT2D eigenvalue weighted by Crippen LogP contribution is -1.98. The molecule has 0 radical (unpaired) electrons. The number of aliphatic hydroxyl groups is 1. The molecule has 88 valence electrons. The Hall–Kier alpha value is -1.38. The van der Waals surface area contributed by atoms with Crippen molar-refractivity contribution < 1.29 is 5.11 Å². The molecule has 1 N–H and O–H groups in total. The van der Waals surface area contributed by atoms with Crippen LogP contribution < -0.4 is 0 Å². The van der Waals surface area contributed by atoms with E-state index in [4.69, 9.17) is 5.26 Å². The van der Waals surface area contributed by atoms with Crippen molar-refractivity contribution in [1.29, 1.82) is 5.26 Å². The Morgan fingerprint density at radius 2 is 2.29 bits per heavy atom. The van der Waals surface area contributed by atoms with Crippen molar-refractivity contribution in [2.45, 2.75) is 26.4 Å². The fourth-order valence-electron chi connectivity index (χ4n) is 1.84. The molecular weight excluding hydrogens is 282 g/mol. The second kappa shape index (κ2) is 4.47. The number of fused-ring (bicyclic) bond motifs is 1. The lowest BCUT2D eigenvalue weighted by Gasteiger charge is -2.04. The summed E-state index contributed by atoms with van der Waals surface area (Å²) >= 11 is 3.33. The van der Waals surface area contributed by atoms with Gasteiger partial charge in [0.1, 0.15) is 11.7 Å². The standard InChI is InChI=1S/C12H12BrN3O/c1-7(2)12-10(6-17)16-5-9(13)8(4-14)3-11(16)15-12/h3,5,7,17H,6H2,1-2H3. The Bertz CT molecular complexity index is 610. The second-order valence-corrected chi connectivity index (χ2v) is 4.99. The quantitative estimate of drug-likeness (QED) is 0.926. The second-order valence-electron chi connectivity index (χ2n) is 4.13. The van der Waals surface area contributed by atoms with Crippen molar-refractivity contribution >= 4 is 21.6 Å². The van der Waals surface area contributed by atoms with Crippen LogP contribution in [0.1, 0.15) is 36.7 Å². The molecule has 0 aliphatic rings. The van der Waals surface area contributed by atoms with Crippen LogP contribution in [-0.4, -0.2) is 14.5 Å².